The zero-order chi connectivity index (χ0) is 12.5. The van der Waals surface area contributed by atoms with E-state index < -0.39 is 6.10 Å². The fourth-order valence-electron chi connectivity index (χ4n) is 1.93. The van der Waals surface area contributed by atoms with E-state index in [1.807, 2.05) is 25.1 Å². The summed E-state index contributed by atoms with van der Waals surface area (Å²) in [5.41, 5.74) is 2.25. The van der Waals surface area contributed by atoms with Crippen molar-refractivity contribution in [3.05, 3.63) is 29.3 Å². The van der Waals surface area contributed by atoms with Crippen molar-refractivity contribution in [2.75, 3.05) is 13.7 Å². The Morgan fingerprint density at radius 2 is 2.18 bits per heavy atom. The first-order valence-electron chi connectivity index (χ1n) is 6.12. The van der Waals surface area contributed by atoms with Gasteiger partial charge >= 0.3 is 0 Å². The van der Waals surface area contributed by atoms with E-state index in [2.05, 4.69) is 12.2 Å². The first-order valence-corrected chi connectivity index (χ1v) is 6.12. The Labute approximate surface area is 103 Å². The smallest absolute Gasteiger partial charge is 0.124 e. The highest BCUT2D eigenvalue weighted by atomic mass is 16.5. The number of β-amino-alcohol motifs (C(OH)–C–C–N with tert-alkyl or cyclic N) is 1. The van der Waals surface area contributed by atoms with E-state index >= 15 is 0 Å². The van der Waals surface area contributed by atoms with Gasteiger partial charge in [-0.05, 0) is 38.8 Å². The lowest BCUT2D eigenvalue weighted by Crippen LogP contribution is -2.32. The van der Waals surface area contributed by atoms with Gasteiger partial charge in [-0.15, -0.1) is 0 Å². The number of aliphatic hydroxyl groups is 1. The maximum Gasteiger partial charge on any atom is 0.124 e. The summed E-state index contributed by atoms with van der Waals surface area (Å²) in [6.45, 7) is 4.79. The van der Waals surface area contributed by atoms with Crippen LogP contribution in [0.4, 0.5) is 0 Å². The monoisotopic (exact) mass is 235 g/mol. The van der Waals surface area contributed by atoms with Crippen molar-refractivity contribution in [2.45, 2.75) is 38.3 Å². The van der Waals surface area contributed by atoms with Crippen LogP contribution in [0.1, 0.15) is 37.0 Å². The van der Waals surface area contributed by atoms with Crippen LogP contribution in [0, 0.1) is 6.92 Å². The molecule has 0 radical (unpaired) electrons. The number of hydrogen-bond acceptors (Lipinski definition) is 3. The second-order valence-electron chi connectivity index (χ2n) is 5.20. The summed E-state index contributed by atoms with van der Waals surface area (Å²) >= 11 is 0. The molecule has 2 N–H and O–H groups in total. The molecular weight excluding hydrogens is 214 g/mol. The highest BCUT2D eigenvalue weighted by Crippen LogP contribution is 2.35. The summed E-state index contributed by atoms with van der Waals surface area (Å²) in [6.07, 6.45) is 1.89. The molecule has 0 spiro atoms. The van der Waals surface area contributed by atoms with Crippen molar-refractivity contribution in [3.8, 4) is 5.75 Å². The van der Waals surface area contributed by atoms with Crippen LogP contribution < -0.4 is 10.1 Å². The van der Waals surface area contributed by atoms with E-state index in [4.69, 9.17) is 4.74 Å². The molecule has 0 bridgehead atoms. The van der Waals surface area contributed by atoms with Gasteiger partial charge in [-0.3, -0.25) is 0 Å². The van der Waals surface area contributed by atoms with Gasteiger partial charge in [0.2, 0.25) is 0 Å². The lowest BCUT2D eigenvalue weighted by molar-refractivity contribution is 0.165. The van der Waals surface area contributed by atoms with Crippen molar-refractivity contribution < 1.29 is 9.84 Å². The molecule has 1 aliphatic rings. The zero-order valence-corrected chi connectivity index (χ0v) is 10.8. The molecule has 0 aliphatic heterocycles. The lowest BCUT2D eigenvalue weighted by Gasteiger charge is -2.18. The van der Waals surface area contributed by atoms with Crippen LogP contribution in [-0.2, 0) is 0 Å². The molecule has 1 atom stereocenters. The summed E-state index contributed by atoms with van der Waals surface area (Å²) in [5.74, 6) is 0.755. The topological polar surface area (TPSA) is 41.5 Å². The van der Waals surface area contributed by atoms with E-state index in [9.17, 15) is 5.11 Å². The fraction of sp³-hybridized carbons (Fsp3) is 0.571. The maximum absolute atomic E-state index is 10.2. The Kier molecular flexibility index (Phi) is 3.40. The minimum Gasteiger partial charge on any atom is -0.496 e. The van der Waals surface area contributed by atoms with Crippen LogP contribution in [0.15, 0.2) is 18.2 Å². The quantitative estimate of drug-likeness (QED) is 0.822. The van der Waals surface area contributed by atoms with Gasteiger partial charge in [0.1, 0.15) is 5.75 Å². The number of hydrogen-bond donors (Lipinski definition) is 2. The van der Waals surface area contributed by atoms with E-state index in [0.717, 1.165) is 16.9 Å². The molecule has 94 valence electrons. The van der Waals surface area contributed by atoms with Crippen molar-refractivity contribution in [1.29, 1.82) is 0 Å². The highest BCUT2D eigenvalue weighted by Gasteiger charge is 2.37. The van der Waals surface area contributed by atoms with Crippen LogP contribution in [0.5, 0.6) is 5.75 Å². The Morgan fingerprint density at radius 3 is 2.76 bits per heavy atom. The average Bonchev–Trinajstić information content (AvgIpc) is 3.05. The van der Waals surface area contributed by atoms with Gasteiger partial charge in [0, 0.05) is 17.6 Å². The molecule has 3 nitrogen and oxygen atoms in total. The molecule has 3 heteroatoms. The van der Waals surface area contributed by atoms with E-state index in [1.54, 1.807) is 7.11 Å². The van der Waals surface area contributed by atoms with E-state index in [-0.39, 0.29) is 5.54 Å². The highest BCUT2D eigenvalue weighted by molar-refractivity contribution is 5.38. The number of methoxy groups -OCH3 is 1. The largest absolute Gasteiger partial charge is 0.496 e. The molecule has 0 amide bonds. The van der Waals surface area contributed by atoms with Crippen molar-refractivity contribution >= 4 is 0 Å². The third-order valence-electron chi connectivity index (χ3n) is 3.47. The second-order valence-corrected chi connectivity index (χ2v) is 5.20. The van der Waals surface area contributed by atoms with Crippen LogP contribution in [0.25, 0.3) is 0 Å². The summed E-state index contributed by atoms with van der Waals surface area (Å²) < 4.78 is 5.28. The molecule has 1 unspecified atom stereocenters. The molecule has 2 rings (SSSR count). The second kappa shape index (κ2) is 4.67. The fourth-order valence-corrected chi connectivity index (χ4v) is 1.93. The van der Waals surface area contributed by atoms with Gasteiger partial charge in [0.05, 0.1) is 13.2 Å². The number of rotatable bonds is 5. The van der Waals surface area contributed by atoms with Gasteiger partial charge < -0.3 is 15.2 Å². The molecule has 1 aliphatic carbocycles. The first-order chi connectivity index (χ1) is 8.04. The molecule has 0 heterocycles. The van der Waals surface area contributed by atoms with E-state index in [0.29, 0.717) is 6.54 Å². The van der Waals surface area contributed by atoms with Gasteiger partial charge in [-0.1, -0.05) is 11.6 Å². The Hall–Kier alpha value is -1.06. The minimum atomic E-state index is -0.512. The number of aliphatic hydroxyl groups excluding tert-OH is 1. The van der Waals surface area contributed by atoms with Gasteiger partial charge in [0.25, 0.3) is 0 Å². The Balaban J connectivity index is 2.06. The summed E-state index contributed by atoms with van der Waals surface area (Å²) in [7, 11) is 1.64. The molecule has 0 aromatic heterocycles. The molecular formula is C14H21NO2. The third-order valence-corrected chi connectivity index (χ3v) is 3.47. The minimum absolute atomic E-state index is 0.248. The standard InChI is InChI=1S/C14H21NO2/c1-10-4-5-13(17-3)11(8-10)12(16)9-15-14(2)6-7-14/h4-5,8,12,15-16H,6-7,9H2,1-3H3. The predicted octanol–water partition coefficient (Wildman–Crippen LogP) is 2.18. The van der Waals surface area contributed by atoms with Crippen molar-refractivity contribution in [2.24, 2.45) is 0 Å². The molecule has 1 aromatic rings. The summed E-state index contributed by atoms with van der Waals surface area (Å²) in [5, 5.41) is 13.6. The number of aryl methyl sites for hydroxylation is 1. The third kappa shape index (κ3) is 2.99. The van der Waals surface area contributed by atoms with Crippen LogP contribution in [0.2, 0.25) is 0 Å². The molecule has 17 heavy (non-hydrogen) atoms. The maximum atomic E-state index is 10.2. The molecule has 1 aromatic carbocycles. The normalized spacial score (nSPS) is 18.8. The molecule has 1 saturated carbocycles. The lowest BCUT2D eigenvalue weighted by atomic mass is 10.0. The number of benzene rings is 1. The van der Waals surface area contributed by atoms with Crippen LogP contribution in [0.3, 0.4) is 0 Å². The summed E-state index contributed by atoms with van der Waals surface area (Å²) in [6, 6.07) is 5.89. The van der Waals surface area contributed by atoms with Crippen molar-refractivity contribution in [1.82, 2.24) is 5.32 Å². The Bertz CT molecular complexity index is 399. The van der Waals surface area contributed by atoms with Crippen LogP contribution >= 0.6 is 0 Å². The van der Waals surface area contributed by atoms with Gasteiger partial charge in [-0.25, -0.2) is 0 Å². The SMILES string of the molecule is COc1ccc(C)cc1C(O)CNC1(C)CC1. The van der Waals surface area contributed by atoms with Gasteiger partial charge in [0.15, 0.2) is 0 Å². The van der Waals surface area contributed by atoms with Gasteiger partial charge in [-0.2, -0.15) is 0 Å². The predicted molar refractivity (Wildman–Crippen MR) is 68.3 cm³/mol. The Morgan fingerprint density at radius 1 is 1.47 bits per heavy atom. The van der Waals surface area contributed by atoms with Crippen molar-refractivity contribution in [3.63, 3.8) is 0 Å². The van der Waals surface area contributed by atoms with Crippen LogP contribution in [-0.4, -0.2) is 24.3 Å². The molecule has 1 fully saturated rings. The molecule has 0 saturated heterocycles. The first kappa shape index (κ1) is 12.4. The summed E-state index contributed by atoms with van der Waals surface area (Å²) in [4.78, 5) is 0. The zero-order valence-electron chi connectivity index (χ0n) is 10.8. The average molecular weight is 235 g/mol. The number of nitrogens with one attached hydrogen (secondary N) is 1. The number of ether oxygens (including phenoxy) is 1. The van der Waals surface area contributed by atoms with E-state index in [1.165, 1.54) is 12.8 Å².